The van der Waals surface area contributed by atoms with Crippen molar-refractivity contribution in [2.75, 3.05) is 12.4 Å². The van der Waals surface area contributed by atoms with Crippen molar-refractivity contribution in [1.29, 1.82) is 0 Å². The van der Waals surface area contributed by atoms with Gasteiger partial charge in [0.25, 0.3) is 0 Å². The Kier molecular flexibility index (Phi) is 4.66. The van der Waals surface area contributed by atoms with Crippen molar-refractivity contribution in [2.24, 2.45) is 0 Å². The number of hydrogen-bond donors (Lipinski definition) is 1. The molecule has 0 saturated carbocycles. The number of aryl methyl sites for hydroxylation is 1. The maximum Gasteiger partial charge on any atom is 0.141 e. The van der Waals surface area contributed by atoms with Gasteiger partial charge in [-0.05, 0) is 43.9 Å². The fraction of sp³-hybridized carbons (Fsp3) is 0.375. The summed E-state index contributed by atoms with van der Waals surface area (Å²) in [5, 5.41) is 3.99. The van der Waals surface area contributed by atoms with Gasteiger partial charge in [-0.15, -0.1) is 11.8 Å². The highest BCUT2D eigenvalue weighted by molar-refractivity contribution is 7.98. The van der Waals surface area contributed by atoms with Crippen molar-refractivity contribution in [2.45, 2.75) is 36.3 Å². The molecule has 0 radical (unpaired) electrons. The van der Waals surface area contributed by atoms with Gasteiger partial charge in [0.05, 0.1) is 5.75 Å². The summed E-state index contributed by atoms with van der Waals surface area (Å²) in [5.74, 6) is 2.66. The fourth-order valence-electron chi connectivity index (χ4n) is 2.62. The second-order valence-corrected chi connectivity index (χ2v) is 6.60. The van der Waals surface area contributed by atoms with Crippen LogP contribution in [-0.2, 0) is 18.6 Å². The Hall–Kier alpha value is -1.26. The first-order valence-corrected chi connectivity index (χ1v) is 8.57. The second-order valence-electron chi connectivity index (χ2n) is 5.12. The molecule has 0 aliphatic heterocycles. The number of nitrogens with one attached hydrogen (secondary N) is 1. The lowest BCUT2D eigenvalue weighted by molar-refractivity contribution is 0.659. The maximum absolute atomic E-state index is 6.01. The number of fused-ring (bicyclic) bond motifs is 1. The van der Waals surface area contributed by atoms with Crippen LogP contribution in [0.4, 0.5) is 5.82 Å². The van der Waals surface area contributed by atoms with E-state index in [1.165, 1.54) is 24.1 Å². The van der Waals surface area contributed by atoms with Gasteiger partial charge < -0.3 is 5.32 Å². The molecule has 1 aliphatic rings. The van der Waals surface area contributed by atoms with Crippen molar-refractivity contribution in [3.63, 3.8) is 0 Å². The Morgan fingerprint density at radius 2 is 2.10 bits per heavy atom. The molecule has 1 heterocycles. The summed E-state index contributed by atoms with van der Waals surface area (Å²) >= 11 is 7.73. The minimum absolute atomic E-state index is 0.766. The van der Waals surface area contributed by atoms with E-state index in [-0.39, 0.29) is 0 Å². The standard InChI is InChI=1S/C16H18ClN3S/c1-18-16-13-7-2-3-8-14(13)19-15(20-16)10-21-12-6-4-5-11(17)9-12/h4-6,9H,2-3,7-8,10H2,1H3,(H,18,19,20). The van der Waals surface area contributed by atoms with Crippen LogP contribution < -0.4 is 5.32 Å². The van der Waals surface area contributed by atoms with Gasteiger partial charge in [-0.2, -0.15) is 0 Å². The van der Waals surface area contributed by atoms with E-state index >= 15 is 0 Å². The minimum atomic E-state index is 0.766. The molecular formula is C16H18ClN3S. The molecule has 5 heteroatoms. The Balaban J connectivity index is 1.79. The number of anilines is 1. The first kappa shape index (κ1) is 14.7. The third-order valence-corrected chi connectivity index (χ3v) is 4.86. The van der Waals surface area contributed by atoms with Crippen LogP contribution >= 0.6 is 23.4 Å². The molecule has 1 aliphatic carbocycles. The summed E-state index contributed by atoms with van der Waals surface area (Å²) in [6.45, 7) is 0. The average molecular weight is 320 g/mol. The van der Waals surface area contributed by atoms with E-state index < -0.39 is 0 Å². The van der Waals surface area contributed by atoms with Crippen molar-refractivity contribution < 1.29 is 0 Å². The zero-order valence-corrected chi connectivity index (χ0v) is 13.6. The van der Waals surface area contributed by atoms with E-state index in [2.05, 4.69) is 16.4 Å². The molecule has 3 nitrogen and oxygen atoms in total. The van der Waals surface area contributed by atoms with Crippen molar-refractivity contribution in [1.82, 2.24) is 9.97 Å². The lowest BCUT2D eigenvalue weighted by Crippen LogP contribution is -2.13. The van der Waals surface area contributed by atoms with Crippen LogP contribution in [0.2, 0.25) is 5.02 Å². The number of hydrogen-bond acceptors (Lipinski definition) is 4. The van der Waals surface area contributed by atoms with E-state index in [4.69, 9.17) is 16.6 Å². The average Bonchev–Trinajstić information content (AvgIpc) is 2.52. The second kappa shape index (κ2) is 6.67. The van der Waals surface area contributed by atoms with Crippen molar-refractivity contribution in [3.05, 3.63) is 46.4 Å². The van der Waals surface area contributed by atoms with Gasteiger partial charge in [0.1, 0.15) is 11.6 Å². The summed E-state index contributed by atoms with van der Waals surface area (Å²) in [4.78, 5) is 10.6. The number of aromatic nitrogens is 2. The highest BCUT2D eigenvalue weighted by Crippen LogP contribution is 2.28. The molecule has 1 aromatic carbocycles. The number of halogens is 1. The summed E-state index contributed by atoms with van der Waals surface area (Å²) in [6.07, 6.45) is 4.63. The third kappa shape index (κ3) is 3.50. The lowest BCUT2D eigenvalue weighted by Gasteiger charge is -2.18. The van der Waals surface area contributed by atoms with Gasteiger partial charge in [0, 0.05) is 28.2 Å². The van der Waals surface area contributed by atoms with E-state index in [1.54, 1.807) is 11.8 Å². The molecule has 1 N–H and O–H groups in total. The smallest absolute Gasteiger partial charge is 0.141 e. The minimum Gasteiger partial charge on any atom is -0.373 e. The van der Waals surface area contributed by atoms with Crippen LogP contribution in [0.3, 0.4) is 0 Å². The van der Waals surface area contributed by atoms with Crippen molar-refractivity contribution in [3.8, 4) is 0 Å². The molecular weight excluding hydrogens is 302 g/mol. The summed E-state index contributed by atoms with van der Waals surface area (Å²) in [5.41, 5.74) is 2.53. The predicted octanol–water partition coefficient (Wildman–Crippen LogP) is 4.34. The summed E-state index contributed by atoms with van der Waals surface area (Å²) < 4.78 is 0. The molecule has 3 rings (SSSR count). The Bertz CT molecular complexity index is 628. The molecule has 0 saturated heterocycles. The largest absolute Gasteiger partial charge is 0.373 e. The first-order valence-electron chi connectivity index (χ1n) is 7.21. The lowest BCUT2D eigenvalue weighted by atomic mass is 9.96. The molecule has 2 aromatic rings. The molecule has 0 bridgehead atoms. The fourth-order valence-corrected chi connectivity index (χ4v) is 3.69. The van der Waals surface area contributed by atoms with Crippen LogP contribution in [0.25, 0.3) is 0 Å². The number of benzene rings is 1. The zero-order valence-electron chi connectivity index (χ0n) is 12.0. The quantitative estimate of drug-likeness (QED) is 0.851. The maximum atomic E-state index is 6.01. The van der Waals surface area contributed by atoms with Gasteiger partial charge >= 0.3 is 0 Å². The molecule has 0 spiro atoms. The van der Waals surface area contributed by atoms with Crippen LogP contribution in [0, 0.1) is 0 Å². The van der Waals surface area contributed by atoms with Crippen molar-refractivity contribution >= 4 is 29.2 Å². The first-order chi connectivity index (χ1) is 10.3. The number of rotatable bonds is 4. The van der Waals surface area contributed by atoms with Gasteiger partial charge in [-0.3, -0.25) is 0 Å². The molecule has 0 atom stereocenters. The van der Waals surface area contributed by atoms with Crippen LogP contribution in [0.5, 0.6) is 0 Å². The van der Waals surface area contributed by atoms with Crippen LogP contribution in [0.15, 0.2) is 29.2 Å². The van der Waals surface area contributed by atoms with Gasteiger partial charge in [-0.25, -0.2) is 9.97 Å². The normalized spacial score (nSPS) is 13.8. The van der Waals surface area contributed by atoms with Gasteiger partial charge in [-0.1, -0.05) is 17.7 Å². The predicted molar refractivity (Wildman–Crippen MR) is 89.2 cm³/mol. The van der Waals surface area contributed by atoms with E-state index in [0.717, 1.165) is 40.2 Å². The molecule has 1 aromatic heterocycles. The Morgan fingerprint density at radius 3 is 2.90 bits per heavy atom. The van der Waals surface area contributed by atoms with E-state index in [0.29, 0.717) is 0 Å². The molecule has 0 amide bonds. The van der Waals surface area contributed by atoms with Gasteiger partial charge in [0.2, 0.25) is 0 Å². The molecule has 0 fully saturated rings. The van der Waals surface area contributed by atoms with Crippen LogP contribution in [0.1, 0.15) is 29.9 Å². The number of thioether (sulfide) groups is 1. The van der Waals surface area contributed by atoms with Crippen LogP contribution in [-0.4, -0.2) is 17.0 Å². The molecule has 110 valence electrons. The summed E-state index contributed by atoms with van der Waals surface area (Å²) in [6, 6.07) is 7.90. The summed E-state index contributed by atoms with van der Waals surface area (Å²) in [7, 11) is 1.94. The molecule has 21 heavy (non-hydrogen) atoms. The monoisotopic (exact) mass is 319 g/mol. The Morgan fingerprint density at radius 1 is 1.24 bits per heavy atom. The SMILES string of the molecule is CNc1nc(CSc2cccc(Cl)c2)nc2c1CCCC2. The topological polar surface area (TPSA) is 37.8 Å². The third-order valence-electron chi connectivity index (χ3n) is 3.63. The van der Waals surface area contributed by atoms with E-state index in [9.17, 15) is 0 Å². The molecule has 0 unspecified atom stereocenters. The highest BCUT2D eigenvalue weighted by atomic mass is 35.5. The Labute approximate surface area is 134 Å². The van der Waals surface area contributed by atoms with E-state index in [1.807, 2.05) is 25.2 Å². The number of nitrogens with zero attached hydrogens (tertiary/aromatic N) is 2. The van der Waals surface area contributed by atoms with Gasteiger partial charge in [0.15, 0.2) is 0 Å². The zero-order chi connectivity index (χ0) is 14.7. The highest BCUT2D eigenvalue weighted by Gasteiger charge is 2.17.